The molecule has 0 radical (unpaired) electrons. The van der Waals surface area contributed by atoms with Gasteiger partial charge in [0.15, 0.2) is 5.58 Å². The highest BCUT2D eigenvalue weighted by Gasteiger charge is 2.31. The average molecular weight is 341 g/mol. The molecule has 0 bridgehead atoms. The van der Waals surface area contributed by atoms with Gasteiger partial charge in [-0.15, -0.1) is 0 Å². The summed E-state index contributed by atoms with van der Waals surface area (Å²) in [6.45, 7) is 0. The number of aromatic nitrogens is 3. The van der Waals surface area contributed by atoms with E-state index in [1.54, 1.807) is 36.9 Å². The molecule has 3 aromatic heterocycles. The van der Waals surface area contributed by atoms with Crippen LogP contribution in [0.15, 0.2) is 65.6 Å². The Hall–Kier alpha value is -3.22. The van der Waals surface area contributed by atoms with Crippen molar-refractivity contribution in [3.63, 3.8) is 0 Å². The SMILES string of the molecule is FC(F)(F)c1ccc2oc(-c3ccncc3-c3cccnc3)nc2c1. The number of halogens is 3. The minimum absolute atomic E-state index is 0.152. The summed E-state index contributed by atoms with van der Waals surface area (Å²) in [7, 11) is 0. The maximum absolute atomic E-state index is 12.9. The van der Waals surface area contributed by atoms with Crippen LogP contribution in [0.2, 0.25) is 0 Å². The Morgan fingerprint density at radius 2 is 1.72 bits per heavy atom. The second-order valence-corrected chi connectivity index (χ2v) is 5.36. The van der Waals surface area contributed by atoms with E-state index in [-0.39, 0.29) is 17.0 Å². The lowest BCUT2D eigenvalue weighted by molar-refractivity contribution is -0.137. The molecule has 0 saturated heterocycles. The average Bonchev–Trinajstić information content (AvgIpc) is 3.05. The number of fused-ring (bicyclic) bond motifs is 1. The zero-order valence-electron chi connectivity index (χ0n) is 12.7. The molecule has 0 aliphatic rings. The fourth-order valence-electron chi connectivity index (χ4n) is 2.55. The quantitative estimate of drug-likeness (QED) is 0.516. The van der Waals surface area contributed by atoms with Gasteiger partial charge in [0.2, 0.25) is 5.89 Å². The fraction of sp³-hybridized carbons (Fsp3) is 0.0556. The molecule has 0 atom stereocenters. The Labute approximate surface area is 140 Å². The lowest BCUT2D eigenvalue weighted by Crippen LogP contribution is -2.03. The highest BCUT2D eigenvalue weighted by atomic mass is 19.4. The zero-order chi connectivity index (χ0) is 17.4. The van der Waals surface area contributed by atoms with E-state index in [1.807, 2.05) is 6.07 Å². The number of nitrogens with zero attached hydrogens (tertiary/aromatic N) is 3. The minimum atomic E-state index is -4.43. The van der Waals surface area contributed by atoms with E-state index in [0.717, 1.165) is 23.3 Å². The highest BCUT2D eigenvalue weighted by Crippen LogP contribution is 2.35. The van der Waals surface area contributed by atoms with Gasteiger partial charge in [-0.25, -0.2) is 4.98 Å². The Morgan fingerprint density at radius 3 is 2.48 bits per heavy atom. The van der Waals surface area contributed by atoms with Crippen molar-refractivity contribution >= 4 is 11.1 Å². The molecule has 7 heteroatoms. The largest absolute Gasteiger partial charge is 0.436 e. The highest BCUT2D eigenvalue weighted by molar-refractivity contribution is 5.83. The summed E-state index contributed by atoms with van der Waals surface area (Å²) in [4.78, 5) is 12.4. The molecule has 0 aliphatic heterocycles. The predicted octanol–water partition coefficient (Wildman–Crippen LogP) is 4.97. The smallest absolute Gasteiger partial charge is 0.416 e. The van der Waals surface area contributed by atoms with Gasteiger partial charge < -0.3 is 4.42 Å². The maximum atomic E-state index is 12.9. The maximum Gasteiger partial charge on any atom is 0.416 e. The molecule has 0 fully saturated rings. The van der Waals surface area contributed by atoms with Crippen molar-refractivity contribution in [3.8, 4) is 22.6 Å². The van der Waals surface area contributed by atoms with E-state index >= 15 is 0 Å². The molecule has 124 valence electrons. The van der Waals surface area contributed by atoms with Gasteiger partial charge in [0, 0.05) is 41.5 Å². The van der Waals surface area contributed by atoms with Crippen LogP contribution in [0.1, 0.15) is 5.56 Å². The molecular weight excluding hydrogens is 331 g/mol. The van der Waals surface area contributed by atoms with E-state index in [4.69, 9.17) is 4.42 Å². The van der Waals surface area contributed by atoms with Crippen molar-refractivity contribution in [2.45, 2.75) is 6.18 Å². The number of hydrogen-bond acceptors (Lipinski definition) is 4. The van der Waals surface area contributed by atoms with Gasteiger partial charge in [0.25, 0.3) is 0 Å². The first-order valence-corrected chi connectivity index (χ1v) is 7.35. The van der Waals surface area contributed by atoms with Gasteiger partial charge in [0.05, 0.1) is 5.56 Å². The van der Waals surface area contributed by atoms with Crippen molar-refractivity contribution in [2.24, 2.45) is 0 Å². The van der Waals surface area contributed by atoms with Crippen LogP contribution in [-0.2, 0) is 6.18 Å². The van der Waals surface area contributed by atoms with Crippen LogP contribution in [0.5, 0.6) is 0 Å². The Morgan fingerprint density at radius 1 is 0.880 bits per heavy atom. The summed E-state index contributed by atoms with van der Waals surface area (Å²) in [5.41, 5.74) is 1.85. The number of hydrogen-bond donors (Lipinski definition) is 0. The summed E-state index contributed by atoms with van der Waals surface area (Å²) >= 11 is 0. The Kier molecular flexibility index (Phi) is 3.49. The minimum Gasteiger partial charge on any atom is -0.436 e. The molecular formula is C18H10F3N3O. The van der Waals surface area contributed by atoms with Gasteiger partial charge >= 0.3 is 6.18 Å². The molecule has 3 heterocycles. The number of pyridine rings is 2. The van der Waals surface area contributed by atoms with Crippen molar-refractivity contribution in [1.29, 1.82) is 0 Å². The van der Waals surface area contributed by atoms with Gasteiger partial charge in [0.1, 0.15) is 5.52 Å². The van der Waals surface area contributed by atoms with Gasteiger partial charge in [-0.05, 0) is 30.3 Å². The molecule has 4 nitrogen and oxygen atoms in total. The van der Waals surface area contributed by atoms with Crippen molar-refractivity contribution < 1.29 is 17.6 Å². The fourth-order valence-corrected chi connectivity index (χ4v) is 2.55. The van der Waals surface area contributed by atoms with Crippen molar-refractivity contribution in [3.05, 3.63) is 66.7 Å². The van der Waals surface area contributed by atoms with Gasteiger partial charge in [-0.3, -0.25) is 9.97 Å². The van der Waals surface area contributed by atoms with E-state index in [1.165, 1.54) is 6.07 Å². The lowest BCUT2D eigenvalue weighted by Gasteiger charge is -2.05. The monoisotopic (exact) mass is 341 g/mol. The Bertz CT molecular complexity index is 1040. The molecule has 0 amide bonds. The molecule has 4 rings (SSSR count). The van der Waals surface area contributed by atoms with E-state index < -0.39 is 11.7 Å². The number of alkyl halides is 3. The summed E-state index contributed by atoms with van der Waals surface area (Å²) < 4.78 is 44.2. The molecule has 0 unspecified atom stereocenters. The third kappa shape index (κ3) is 2.84. The van der Waals surface area contributed by atoms with Crippen LogP contribution in [-0.4, -0.2) is 15.0 Å². The first-order chi connectivity index (χ1) is 12.0. The van der Waals surface area contributed by atoms with Gasteiger partial charge in [-0.2, -0.15) is 13.2 Å². The van der Waals surface area contributed by atoms with E-state index in [0.29, 0.717) is 5.56 Å². The summed E-state index contributed by atoms with van der Waals surface area (Å²) in [6, 6.07) is 8.59. The molecule has 0 saturated carbocycles. The first-order valence-electron chi connectivity index (χ1n) is 7.35. The number of benzene rings is 1. The van der Waals surface area contributed by atoms with E-state index in [2.05, 4.69) is 15.0 Å². The van der Waals surface area contributed by atoms with Crippen LogP contribution in [0.3, 0.4) is 0 Å². The lowest BCUT2D eigenvalue weighted by atomic mass is 10.0. The predicted molar refractivity (Wildman–Crippen MR) is 85.5 cm³/mol. The summed E-state index contributed by atoms with van der Waals surface area (Å²) in [5, 5.41) is 0. The number of rotatable bonds is 2. The third-order valence-electron chi connectivity index (χ3n) is 3.74. The molecule has 25 heavy (non-hydrogen) atoms. The second kappa shape index (κ2) is 5.70. The van der Waals surface area contributed by atoms with Crippen LogP contribution in [0.4, 0.5) is 13.2 Å². The number of oxazole rings is 1. The zero-order valence-corrected chi connectivity index (χ0v) is 12.7. The topological polar surface area (TPSA) is 51.8 Å². The summed E-state index contributed by atoms with van der Waals surface area (Å²) in [6.07, 6.45) is 2.11. The molecule has 0 aliphatic carbocycles. The standard InChI is InChI=1S/C18H10F3N3O/c19-18(20,21)12-3-4-16-15(8-12)24-17(25-16)13-5-7-23-10-14(13)11-2-1-6-22-9-11/h1-10H. The second-order valence-electron chi connectivity index (χ2n) is 5.36. The molecule has 0 N–H and O–H groups in total. The Balaban J connectivity index is 1.86. The van der Waals surface area contributed by atoms with Crippen molar-refractivity contribution in [2.75, 3.05) is 0 Å². The van der Waals surface area contributed by atoms with E-state index in [9.17, 15) is 13.2 Å². The molecule has 1 aromatic carbocycles. The first kappa shape index (κ1) is 15.3. The van der Waals surface area contributed by atoms with Crippen LogP contribution >= 0.6 is 0 Å². The van der Waals surface area contributed by atoms with Crippen LogP contribution in [0.25, 0.3) is 33.7 Å². The van der Waals surface area contributed by atoms with Gasteiger partial charge in [-0.1, -0.05) is 6.07 Å². The third-order valence-corrected chi connectivity index (χ3v) is 3.74. The molecule has 4 aromatic rings. The molecule has 0 spiro atoms. The summed E-state index contributed by atoms with van der Waals surface area (Å²) in [5.74, 6) is 0.232. The van der Waals surface area contributed by atoms with Crippen LogP contribution < -0.4 is 0 Å². The van der Waals surface area contributed by atoms with Crippen molar-refractivity contribution in [1.82, 2.24) is 15.0 Å². The normalized spacial score (nSPS) is 11.8. The van der Waals surface area contributed by atoms with Crippen LogP contribution in [0, 0.1) is 0 Å².